The van der Waals surface area contributed by atoms with Crippen molar-refractivity contribution in [3.63, 3.8) is 0 Å². The summed E-state index contributed by atoms with van der Waals surface area (Å²) in [6, 6.07) is 3.22. The molecule has 0 unspecified atom stereocenters. The van der Waals surface area contributed by atoms with Gasteiger partial charge in [0.15, 0.2) is 0 Å². The molecule has 0 aliphatic rings. The molecule has 0 spiro atoms. The number of halogens is 1. The fraction of sp³-hybridized carbons (Fsp3) is 0.273. The molecule has 0 saturated carbocycles. The molecule has 0 saturated heterocycles. The van der Waals surface area contributed by atoms with Crippen LogP contribution in [0.3, 0.4) is 0 Å². The van der Waals surface area contributed by atoms with E-state index in [1.54, 1.807) is 12.1 Å². The molecule has 1 aromatic rings. The highest BCUT2D eigenvalue weighted by Gasteiger charge is 2.13. The highest BCUT2D eigenvalue weighted by molar-refractivity contribution is 9.10. The molecule has 0 fully saturated rings. The van der Waals surface area contributed by atoms with Crippen LogP contribution in [0.2, 0.25) is 0 Å². The third-order valence-corrected chi connectivity index (χ3v) is 2.84. The molecule has 0 heterocycles. The number of ether oxygens (including phenoxy) is 2. The maximum atomic E-state index is 10.7. The van der Waals surface area contributed by atoms with Gasteiger partial charge in [-0.05, 0) is 28.1 Å². The van der Waals surface area contributed by atoms with E-state index in [-0.39, 0.29) is 5.70 Å². The summed E-state index contributed by atoms with van der Waals surface area (Å²) in [4.78, 5) is 10.0. The second-order valence-corrected chi connectivity index (χ2v) is 4.13. The van der Waals surface area contributed by atoms with Crippen LogP contribution in [0.25, 0.3) is 6.08 Å². The van der Waals surface area contributed by atoms with Gasteiger partial charge in [-0.1, -0.05) is 0 Å². The molecule has 0 radical (unpaired) electrons. The zero-order chi connectivity index (χ0) is 13.7. The summed E-state index contributed by atoms with van der Waals surface area (Å²) in [6.45, 7) is -0.658. The summed E-state index contributed by atoms with van der Waals surface area (Å²) in [5.74, 6) is 0.957. The summed E-state index contributed by atoms with van der Waals surface area (Å²) >= 11 is 3.29. The topological polar surface area (TPSA) is 81.8 Å². The number of aliphatic hydroxyl groups is 1. The van der Waals surface area contributed by atoms with E-state index in [0.717, 1.165) is 0 Å². The Morgan fingerprint density at radius 1 is 1.44 bits per heavy atom. The molecule has 98 valence electrons. The monoisotopic (exact) mass is 317 g/mol. The number of hydrogen-bond donors (Lipinski definition) is 1. The van der Waals surface area contributed by atoms with Crippen LogP contribution >= 0.6 is 15.9 Å². The maximum absolute atomic E-state index is 10.7. The van der Waals surface area contributed by atoms with E-state index < -0.39 is 11.5 Å². The molecule has 7 heteroatoms. The summed E-state index contributed by atoms with van der Waals surface area (Å²) < 4.78 is 10.9. The van der Waals surface area contributed by atoms with Crippen molar-refractivity contribution in [1.29, 1.82) is 0 Å². The van der Waals surface area contributed by atoms with Crippen LogP contribution in [-0.4, -0.2) is 30.9 Å². The standard InChI is InChI=1S/C11H12BrNO5/c1-17-10-5-9(12)11(18-2)4-7(10)3-8(6-14)13(15)16/h3-5,14H,6H2,1-2H3/b8-3+. The molecule has 1 N–H and O–H groups in total. The van der Waals surface area contributed by atoms with Crippen LogP contribution in [0, 0.1) is 10.1 Å². The molecule has 0 amide bonds. The zero-order valence-electron chi connectivity index (χ0n) is 9.84. The van der Waals surface area contributed by atoms with E-state index in [9.17, 15) is 10.1 Å². The highest BCUT2D eigenvalue weighted by Crippen LogP contribution is 2.33. The van der Waals surface area contributed by atoms with Crippen LogP contribution in [-0.2, 0) is 0 Å². The Bertz CT molecular complexity index is 487. The first-order valence-electron chi connectivity index (χ1n) is 4.90. The lowest BCUT2D eigenvalue weighted by Crippen LogP contribution is -2.03. The molecular formula is C11H12BrNO5. The van der Waals surface area contributed by atoms with E-state index in [0.29, 0.717) is 21.5 Å². The second kappa shape index (κ2) is 6.36. The van der Waals surface area contributed by atoms with Crippen molar-refractivity contribution in [3.05, 3.63) is 38.0 Å². The van der Waals surface area contributed by atoms with Crippen molar-refractivity contribution in [2.45, 2.75) is 0 Å². The fourth-order valence-electron chi connectivity index (χ4n) is 1.33. The molecule has 18 heavy (non-hydrogen) atoms. The van der Waals surface area contributed by atoms with Gasteiger partial charge < -0.3 is 14.6 Å². The summed E-state index contributed by atoms with van der Waals surface area (Å²) in [5, 5.41) is 19.6. The Hall–Kier alpha value is -1.60. The predicted octanol–water partition coefficient (Wildman–Crippen LogP) is 2.08. The minimum atomic E-state index is -0.658. The smallest absolute Gasteiger partial charge is 0.272 e. The third-order valence-electron chi connectivity index (χ3n) is 2.22. The number of nitrogens with zero attached hydrogens (tertiary/aromatic N) is 1. The Morgan fingerprint density at radius 2 is 2.06 bits per heavy atom. The minimum absolute atomic E-state index is 0.322. The van der Waals surface area contributed by atoms with Gasteiger partial charge in [-0.3, -0.25) is 10.1 Å². The van der Waals surface area contributed by atoms with Gasteiger partial charge in [0.2, 0.25) is 0 Å². The highest BCUT2D eigenvalue weighted by atomic mass is 79.9. The van der Waals surface area contributed by atoms with Gasteiger partial charge in [0.1, 0.15) is 18.1 Å². The summed E-state index contributed by atoms with van der Waals surface area (Å²) in [5.41, 5.74) is 0.135. The molecule has 0 aromatic heterocycles. The molecule has 0 aliphatic heterocycles. The molecule has 1 aromatic carbocycles. The minimum Gasteiger partial charge on any atom is -0.496 e. The zero-order valence-corrected chi connectivity index (χ0v) is 11.4. The van der Waals surface area contributed by atoms with Crippen molar-refractivity contribution < 1.29 is 19.5 Å². The van der Waals surface area contributed by atoms with E-state index in [2.05, 4.69) is 15.9 Å². The van der Waals surface area contributed by atoms with Gasteiger partial charge in [0.05, 0.1) is 23.6 Å². The van der Waals surface area contributed by atoms with Gasteiger partial charge in [0.25, 0.3) is 5.70 Å². The third kappa shape index (κ3) is 3.21. The molecule has 6 nitrogen and oxygen atoms in total. The van der Waals surface area contributed by atoms with Crippen LogP contribution in [0.4, 0.5) is 0 Å². The number of aliphatic hydroxyl groups excluding tert-OH is 1. The van der Waals surface area contributed by atoms with Gasteiger partial charge >= 0.3 is 0 Å². The summed E-state index contributed by atoms with van der Waals surface area (Å²) in [7, 11) is 2.94. The van der Waals surface area contributed by atoms with Gasteiger partial charge in [-0.15, -0.1) is 0 Å². The Balaban J connectivity index is 3.33. The van der Waals surface area contributed by atoms with E-state index in [4.69, 9.17) is 14.6 Å². The number of methoxy groups -OCH3 is 2. The fourth-order valence-corrected chi connectivity index (χ4v) is 1.82. The van der Waals surface area contributed by atoms with Crippen molar-refractivity contribution >= 4 is 22.0 Å². The number of nitro groups is 1. The number of hydrogen-bond acceptors (Lipinski definition) is 5. The normalized spacial score (nSPS) is 11.2. The molecule has 0 atom stereocenters. The first-order valence-corrected chi connectivity index (χ1v) is 5.70. The Labute approximate surface area is 112 Å². The predicted molar refractivity (Wildman–Crippen MR) is 69.3 cm³/mol. The quantitative estimate of drug-likeness (QED) is 0.664. The molecular weight excluding hydrogens is 306 g/mol. The number of benzene rings is 1. The lowest BCUT2D eigenvalue weighted by Gasteiger charge is -2.09. The SMILES string of the molecule is COc1cc(/C=C(\CO)[N+](=O)[O-])c(OC)cc1Br. The second-order valence-electron chi connectivity index (χ2n) is 3.28. The van der Waals surface area contributed by atoms with Crippen molar-refractivity contribution in [3.8, 4) is 11.5 Å². The van der Waals surface area contributed by atoms with Crippen LogP contribution < -0.4 is 9.47 Å². The van der Waals surface area contributed by atoms with Crippen LogP contribution in [0.15, 0.2) is 22.3 Å². The molecule has 0 aliphatic carbocycles. The van der Waals surface area contributed by atoms with Gasteiger partial charge in [0, 0.05) is 11.6 Å². The van der Waals surface area contributed by atoms with Crippen LogP contribution in [0.1, 0.15) is 5.56 Å². The van der Waals surface area contributed by atoms with E-state index in [1.165, 1.54) is 20.3 Å². The lowest BCUT2D eigenvalue weighted by molar-refractivity contribution is -0.428. The van der Waals surface area contributed by atoms with Crippen molar-refractivity contribution in [2.75, 3.05) is 20.8 Å². The van der Waals surface area contributed by atoms with E-state index >= 15 is 0 Å². The Kier molecular flexibility index (Phi) is 5.11. The lowest BCUT2D eigenvalue weighted by atomic mass is 10.1. The first-order chi connectivity index (χ1) is 8.53. The average molecular weight is 318 g/mol. The number of rotatable bonds is 5. The first kappa shape index (κ1) is 14.5. The average Bonchev–Trinajstić information content (AvgIpc) is 2.36. The maximum Gasteiger partial charge on any atom is 0.272 e. The molecule has 1 rings (SSSR count). The van der Waals surface area contributed by atoms with Gasteiger partial charge in [-0.25, -0.2) is 0 Å². The van der Waals surface area contributed by atoms with E-state index in [1.807, 2.05) is 0 Å². The van der Waals surface area contributed by atoms with Gasteiger partial charge in [-0.2, -0.15) is 0 Å². The molecule has 0 bridgehead atoms. The van der Waals surface area contributed by atoms with Crippen molar-refractivity contribution in [2.24, 2.45) is 0 Å². The van der Waals surface area contributed by atoms with Crippen molar-refractivity contribution in [1.82, 2.24) is 0 Å². The Morgan fingerprint density at radius 3 is 2.50 bits per heavy atom. The summed E-state index contributed by atoms with van der Waals surface area (Å²) in [6.07, 6.45) is 1.24. The van der Waals surface area contributed by atoms with Crippen LogP contribution in [0.5, 0.6) is 11.5 Å². The largest absolute Gasteiger partial charge is 0.496 e.